The Balaban J connectivity index is 2.31. The van der Waals surface area contributed by atoms with Crippen LogP contribution < -0.4 is 5.73 Å². The van der Waals surface area contributed by atoms with Crippen molar-refractivity contribution in [3.05, 3.63) is 0 Å². The lowest BCUT2D eigenvalue weighted by atomic mass is 9.94. The number of hydrogen-bond acceptors (Lipinski definition) is 3. The van der Waals surface area contributed by atoms with Gasteiger partial charge in [0.1, 0.15) is 0 Å². The van der Waals surface area contributed by atoms with Gasteiger partial charge in [-0.1, -0.05) is 0 Å². The average Bonchev–Trinajstić information content (AvgIpc) is 2.17. The van der Waals surface area contributed by atoms with Crippen LogP contribution in [0.2, 0.25) is 0 Å². The summed E-state index contributed by atoms with van der Waals surface area (Å²) in [4.78, 5) is 2.59. The van der Waals surface area contributed by atoms with Crippen LogP contribution in [0.3, 0.4) is 0 Å². The fraction of sp³-hybridized carbons (Fsp3) is 1.00. The molecule has 0 aromatic carbocycles. The van der Waals surface area contributed by atoms with Crippen molar-refractivity contribution in [2.24, 2.45) is 11.7 Å². The van der Waals surface area contributed by atoms with Crippen molar-refractivity contribution in [1.82, 2.24) is 4.90 Å². The van der Waals surface area contributed by atoms with Gasteiger partial charge in [0.15, 0.2) is 0 Å². The van der Waals surface area contributed by atoms with E-state index in [0.717, 1.165) is 18.5 Å². The summed E-state index contributed by atoms with van der Waals surface area (Å²) in [5, 5.41) is 0. The summed E-state index contributed by atoms with van der Waals surface area (Å²) in [6, 6.07) is 0.773. The predicted octanol–water partition coefficient (Wildman–Crippen LogP) is 1.41. The van der Waals surface area contributed by atoms with Gasteiger partial charge in [-0.2, -0.15) is 11.8 Å². The Bertz CT molecular complexity index is 141. The Hall–Kier alpha value is 0.270. The molecule has 0 aromatic rings. The van der Waals surface area contributed by atoms with Gasteiger partial charge in [0.2, 0.25) is 0 Å². The monoisotopic (exact) mass is 202 g/mol. The lowest BCUT2D eigenvalue weighted by molar-refractivity contribution is 0.129. The summed E-state index contributed by atoms with van der Waals surface area (Å²) in [6.07, 6.45) is 4.83. The summed E-state index contributed by atoms with van der Waals surface area (Å²) in [7, 11) is 0. The molecule has 1 aliphatic heterocycles. The predicted molar refractivity (Wildman–Crippen MR) is 61.2 cm³/mol. The quantitative estimate of drug-likeness (QED) is 0.747. The standard InChI is InChI=1S/C10H22N2S/c1-9-3-4-10(7-11)8-12(9)5-6-13-2/h9-10H,3-8,11H2,1-2H3. The third-order valence-corrected chi connectivity index (χ3v) is 3.62. The van der Waals surface area contributed by atoms with Crippen molar-refractivity contribution in [2.75, 3.05) is 31.6 Å². The average molecular weight is 202 g/mol. The van der Waals surface area contributed by atoms with Gasteiger partial charge in [0.25, 0.3) is 0 Å². The highest BCUT2D eigenvalue weighted by Crippen LogP contribution is 2.20. The second-order valence-corrected chi connectivity index (χ2v) is 5.00. The van der Waals surface area contributed by atoms with E-state index in [1.165, 1.54) is 31.7 Å². The minimum atomic E-state index is 0.748. The largest absolute Gasteiger partial charge is 0.330 e. The van der Waals surface area contributed by atoms with E-state index in [4.69, 9.17) is 5.73 Å². The maximum atomic E-state index is 5.71. The molecular weight excluding hydrogens is 180 g/mol. The van der Waals surface area contributed by atoms with Crippen molar-refractivity contribution >= 4 is 11.8 Å². The number of thioether (sulfide) groups is 1. The molecule has 2 nitrogen and oxygen atoms in total. The van der Waals surface area contributed by atoms with Crippen molar-refractivity contribution < 1.29 is 0 Å². The molecular formula is C10H22N2S. The van der Waals surface area contributed by atoms with Crippen LogP contribution in [0.4, 0.5) is 0 Å². The molecule has 1 rings (SSSR count). The van der Waals surface area contributed by atoms with Crippen molar-refractivity contribution in [3.63, 3.8) is 0 Å². The summed E-state index contributed by atoms with van der Waals surface area (Å²) < 4.78 is 0. The van der Waals surface area contributed by atoms with E-state index >= 15 is 0 Å². The Morgan fingerprint density at radius 2 is 2.23 bits per heavy atom. The maximum Gasteiger partial charge on any atom is 0.00752 e. The summed E-state index contributed by atoms with van der Waals surface area (Å²) >= 11 is 1.93. The zero-order chi connectivity index (χ0) is 9.68. The molecule has 0 saturated carbocycles. The molecule has 0 spiro atoms. The zero-order valence-electron chi connectivity index (χ0n) is 8.83. The highest BCUT2D eigenvalue weighted by atomic mass is 32.2. The fourth-order valence-corrected chi connectivity index (χ4v) is 2.39. The van der Waals surface area contributed by atoms with Crippen LogP contribution in [-0.2, 0) is 0 Å². The Morgan fingerprint density at radius 1 is 1.46 bits per heavy atom. The third kappa shape index (κ3) is 3.49. The zero-order valence-corrected chi connectivity index (χ0v) is 9.65. The number of rotatable bonds is 4. The Morgan fingerprint density at radius 3 is 2.85 bits per heavy atom. The number of nitrogens with zero attached hydrogens (tertiary/aromatic N) is 1. The first-order valence-electron chi connectivity index (χ1n) is 5.21. The second-order valence-electron chi connectivity index (χ2n) is 4.02. The molecule has 0 radical (unpaired) electrons. The lowest BCUT2D eigenvalue weighted by Gasteiger charge is -2.37. The molecule has 0 aliphatic carbocycles. The van der Waals surface area contributed by atoms with Crippen LogP contribution in [0.5, 0.6) is 0 Å². The Labute approximate surface area is 86.2 Å². The normalized spacial score (nSPS) is 30.7. The molecule has 13 heavy (non-hydrogen) atoms. The molecule has 3 heteroatoms. The highest BCUT2D eigenvalue weighted by molar-refractivity contribution is 7.98. The first kappa shape index (κ1) is 11.3. The van der Waals surface area contributed by atoms with Crippen LogP contribution in [0.1, 0.15) is 19.8 Å². The van der Waals surface area contributed by atoms with Crippen LogP contribution in [0.25, 0.3) is 0 Å². The molecule has 1 aliphatic rings. The van der Waals surface area contributed by atoms with Gasteiger partial charge in [0.05, 0.1) is 0 Å². The van der Waals surface area contributed by atoms with E-state index in [-0.39, 0.29) is 0 Å². The van der Waals surface area contributed by atoms with Gasteiger partial charge < -0.3 is 5.73 Å². The summed E-state index contributed by atoms with van der Waals surface area (Å²) in [6.45, 7) is 5.66. The van der Waals surface area contributed by atoms with Crippen LogP contribution >= 0.6 is 11.8 Å². The first-order valence-corrected chi connectivity index (χ1v) is 6.60. The molecule has 0 aromatic heterocycles. The lowest BCUT2D eigenvalue weighted by Crippen LogP contribution is -2.44. The highest BCUT2D eigenvalue weighted by Gasteiger charge is 2.23. The van der Waals surface area contributed by atoms with Gasteiger partial charge in [-0.15, -0.1) is 0 Å². The van der Waals surface area contributed by atoms with Gasteiger partial charge >= 0.3 is 0 Å². The van der Waals surface area contributed by atoms with E-state index < -0.39 is 0 Å². The molecule has 1 heterocycles. The van der Waals surface area contributed by atoms with E-state index in [9.17, 15) is 0 Å². The van der Waals surface area contributed by atoms with Gasteiger partial charge in [-0.3, -0.25) is 4.90 Å². The maximum absolute atomic E-state index is 5.71. The molecule has 0 bridgehead atoms. The van der Waals surface area contributed by atoms with Gasteiger partial charge in [0, 0.05) is 24.9 Å². The third-order valence-electron chi connectivity index (χ3n) is 3.02. The number of nitrogens with two attached hydrogens (primary N) is 1. The van der Waals surface area contributed by atoms with Crippen LogP contribution in [0, 0.1) is 5.92 Å². The molecule has 0 amide bonds. The number of likely N-dealkylation sites (tertiary alicyclic amines) is 1. The topological polar surface area (TPSA) is 29.3 Å². The summed E-state index contributed by atoms with van der Waals surface area (Å²) in [5.41, 5.74) is 5.71. The number of piperidine rings is 1. The molecule has 1 fully saturated rings. The van der Waals surface area contributed by atoms with E-state index in [1.807, 2.05) is 11.8 Å². The van der Waals surface area contributed by atoms with E-state index in [1.54, 1.807) is 0 Å². The molecule has 78 valence electrons. The van der Waals surface area contributed by atoms with Crippen molar-refractivity contribution in [1.29, 1.82) is 0 Å². The molecule has 1 saturated heterocycles. The van der Waals surface area contributed by atoms with E-state index in [0.29, 0.717) is 0 Å². The fourth-order valence-electron chi connectivity index (χ4n) is 1.97. The second kappa shape index (κ2) is 5.89. The Kier molecular flexibility index (Phi) is 5.14. The van der Waals surface area contributed by atoms with Gasteiger partial charge in [-0.25, -0.2) is 0 Å². The van der Waals surface area contributed by atoms with Gasteiger partial charge in [-0.05, 0) is 38.5 Å². The molecule has 2 unspecified atom stereocenters. The summed E-state index contributed by atoms with van der Waals surface area (Å²) in [5.74, 6) is 2.00. The number of hydrogen-bond donors (Lipinski definition) is 1. The first-order chi connectivity index (χ1) is 6.27. The SMILES string of the molecule is CSCCN1CC(CN)CCC1C. The van der Waals surface area contributed by atoms with Crippen LogP contribution in [-0.4, -0.2) is 42.6 Å². The smallest absolute Gasteiger partial charge is 0.00752 e. The molecule has 2 atom stereocenters. The minimum Gasteiger partial charge on any atom is -0.330 e. The minimum absolute atomic E-state index is 0.748. The van der Waals surface area contributed by atoms with E-state index in [2.05, 4.69) is 18.1 Å². The molecule has 2 N–H and O–H groups in total. The van der Waals surface area contributed by atoms with Crippen molar-refractivity contribution in [2.45, 2.75) is 25.8 Å². The van der Waals surface area contributed by atoms with Crippen LogP contribution in [0.15, 0.2) is 0 Å². The van der Waals surface area contributed by atoms with Crippen molar-refractivity contribution in [3.8, 4) is 0 Å².